The molecule has 4 amide bonds. The van der Waals surface area contributed by atoms with Crippen LogP contribution < -0.4 is 20.1 Å². The van der Waals surface area contributed by atoms with E-state index in [1.165, 1.54) is 16.8 Å². The molecule has 0 bridgehead atoms. The molecule has 286 valence electrons. The molecule has 18 nitrogen and oxygen atoms in total. The first kappa shape index (κ1) is 37.5. The predicted octanol–water partition coefficient (Wildman–Crippen LogP) is 0.887. The second kappa shape index (κ2) is 15.0. The number of carbonyl (C=O) groups is 4. The van der Waals surface area contributed by atoms with E-state index in [2.05, 4.69) is 31.0 Å². The number of amides is 4. The molecule has 3 aromatic rings. The van der Waals surface area contributed by atoms with Gasteiger partial charge in [0.2, 0.25) is 34.1 Å². The number of tetrazole rings is 1. The fourth-order valence-electron chi connectivity index (χ4n) is 6.27. The SMILES string of the molecule is COc1ccc(-c2nnn([C@@H]3CC(C(=O)N[C@@]4(C(=O)NS(=O)(=O)C5CC5)C[C@H]4C(F)F)N(C(=O)[C@@H](NC(=O)OCCn4ccnc4)C(C)C)C3)n2)cc1. The van der Waals surface area contributed by atoms with Crippen molar-refractivity contribution in [2.45, 2.75) is 81.4 Å². The first-order valence-electron chi connectivity index (χ1n) is 17.0. The van der Waals surface area contributed by atoms with Crippen LogP contribution >= 0.6 is 0 Å². The van der Waals surface area contributed by atoms with E-state index < -0.39 is 87.4 Å². The summed E-state index contributed by atoms with van der Waals surface area (Å²) in [6, 6.07) is 3.54. The molecular weight excluding hydrogens is 722 g/mol. The Hall–Kier alpha value is -5.21. The van der Waals surface area contributed by atoms with Crippen LogP contribution in [0.15, 0.2) is 43.0 Å². The van der Waals surface area contributed by atoms with Gasteiger partial charge in [-0.25, -0.2) is 27.0 Å². The van der Waals surface area contributed by atoms with E-state index in [9.17, 15) is 36.4 Å². The summed E-state index contributed by atoms with van der Waals surface area (Å²) < 4.78 is 67.2. The molecular formula is C32H40F2N10O8S. The Bertz CT molecular complexity index is 1920. The first-order valence-corrected chi connectivity index (χ1v) is 18.6. The fraction of sp³-hybridized carbons (Fsp3) is 0.562. The van der Waals surface area contributed by atoms with Crippen LogP contribution in [0.2, 0.25) is 0 Å². The van der Waals surface area contributed by atoms with Gasteiger partial charge in [0, 0.05) is 30.9 Å². The highest BCUT2D eigenvalue weighted by Gasteiger charge is 2.66. The molecule has 3 aliphatic rings. The number of hydrogen-bond donors (Lipinski definition) is 3. The number of hydrogen-bond acceptors (Lipinski definition) is 12. The van der Waals surface area contributed by atoms with E-state index in [1.54, 1.807) is 61.4 Å². The largest absolute Gasteiger partial charge is 0.497 e. The van der Waals surface area contributed by atoms with Gasteiger partial charge >= 0.3 is 6.09 Å². The second-order valence-corrected chi connectivity index (χ2v) is 15.6. The zero-order valence-electron chi connectivity index (χ0n) is 29.1. The number of ether oxygens (including phenoxy) is 2. The standard InChI is InChI=1S/C32H40F2N10O8S/c1-18(2)25(36-31(48)52-13-12-42-11-10-35-17-42)29(46)43-16-20(44-39-27(38-41-44)19-4-6-21(51-3)7-5-19)14-24(43)28(45)37-32(15-23(32)26(33)34)30(47)40-53(49,50)22-8-9-22/h4-7,10-11,17-18,20,22-26H,8-9,12-16H2,1-3H3,(H,36,48)(H,37,45)(H,40,47)/t20-,23+,24?,25+,32+/m1/s1. The highest BCUT2D eigenvalue weighted by atomic mass is 32.2. The number of nitrogens with zero attached hydrogens (tertiary/aromatic N) is 7. The maximum atomic E-state index is 14.2. The number of imidazole rings is 1. The fourth-order valence-corrected chi connectivity index (χ4v) is 7.63. The number of benzene rings is 1. The molecule has 6 rings (SSSR count). The van der Waals surface area contributed by atoms with Gasteiger partial charge in [0.25, 0.3) is 5.91 Å². The number of carbonyl (C=O) groups excluding carboxylic acids is 4. The van der Waals surface area contributed by atoms with E-state index in [1.807, 2.05) is 4.72 Å². The quantitative estimate of drug-likeness (QED) is 0.197. The maximum absolute atomic E-state index is 14.2. The van der Waals surface area contributed by atoms with Crippen LogP contribution in [0.1, 0.15) is 45.6 Å². The summed E-state index contributed by atoms with van der Waals surface area (Å²) in [7, 11) is -2.61. The van der Waals surface area contributed by atoms with Gasteiger partial charge in [-0.3, -0.25) is 19.1 Å². The van der Waals surface area contributed by atoms with Crippen molar-refractivity contribution in [1.29, 1.82) is 0 Å². The lowest BCUT2D eigenvalue weighted by Gasteiger charge is -2.31. The number of likely N-dealkylation sites (tertiary alicyclic amines) is 1. The van der Waals surface area contributed by atoms with Crippen LogP contribution in [-0.2, 0) is 35.7 Å². The molecule has 2 saturated carbocycles. The zero-order chi connectivity index (χ0) is 38.1. The van der Waals surface area contributed by atoms with Crippen molar-refractivity contribution in [3.8, 4) is 17.1 Å². The van der Waals surface area contributed by atoms with Gasteiger partial charge in [0.1, 0.15) is 30.0 Å². The minimum Gasteiger partial charge on any atom is -0.497 e. The smallest absolute Gasteiger partial charge is 0.407 e. The van der Waals surface area contributed by atoms with E-state index in [-0.39, 0.29) is 25.4 Å². The van der Waals surface area contributed by atoms with Crippen LogP contribution in [0, 0.1) is 11.8 Å². The molecule has 3 N–H and O–H groups in total. The zero-order valence-corrected chi connectivity index (χ0v) is 29.9. The Morgan fingerprint density at radius 2 is 1.85 bits per heavy atom. The number of alkyl carbamates (subject to hydrolysis) is 1. The van der Waals surface area contributed by atoms with Crippen molar-refractivity contribution in [3.63, 3.8) is 0 Å². The van der Waals surface area contributed by atoms with Gasteiger partial charge in [0.15, 0.2) is 0 Å². The van der Waals surface area contributed by atoms with Crippen LogP contribution in [0.5, 0.6) is 5.75 Å². The summed E-state index contributed by atoms with van der Waals surface area (Å²) in [5, 5.41) is 16.9. The Morgan fingerprint density at radius 3 is 2.45 bits per heavy atom. The van der Waals surface area contributed by atoms with Crippen molar-refractivity contribution in [3.05, 3.63) is 43.0 Å². The molecule has 5 atom stereocenters. The molecule has 21 heteroatoms. The highest BCUT2D eigenvalue weighted by molar-refractivity contribution is 7.91. The number of methoxy groups -OCH3 is 1. The van der Waals surface area contributed by atoms with Crippen LogP contribution in [-0.4, -0.2) is 116 Å². The summed E-state index contributed by atoms with van der Waals surface area (Å²) in [4.78, 5) is 60.7. The predicted molar refractivity (Wildman–Crippen MR) is 179 cm³/mol. The van der Waals surface area contributed by atoms with E-state index in [0.29, 0.717) is 30.7 Å². The molecule has 2 aliphatic carbocycles. The minimum atomic E-state index is -4.13. The topological polar surface area (TPSA) is 222 Å². The third kappa shape index (κ3) is 8.23. The van der Waals surface area contributed by atoms with Crippen molar-refractivity contribution in [1.82, 2.24) is 50.0 Å². The van der Waals surface area contributed by atoms with Crippen LogP contribution in [0.3, 0.4) is 0 Å². The van der Waals surface area contributed by atoms with Gasteiger partial charge in [-0.1, -0.05) is 13.8 Å². The lowest BCUT2D eigenvalue weighted by atomic mass is 10.0. The second-order valence-electron chi connectivity index (χ2n) is 13.6. The molecule has 2 aromatic heterocycles. The number of nitrogens with one attached hydrogen (secondary N) is 3. The molecule has 0 radical (unpaired) electrons. The molecule has 0 spiro atoms. The molecule has 53 heavy (non-hydrogen) atoms. The molecule has 1 aromatic carbocycles. The first-order chi connectivity index (χ1) is 25.2. The average Bonchev–Trinajstić information content (AvgIpc) is 3.90. The lowest BCUT2D eigenvalue weighted by molar-refractivity contribution is -0.142. The van der Waals surface area contributed by atoms with Gasteiger partial charge in [-0.2, -0.15) is 4.80 Å². The van der Waals surface area contributed by atoms with Crippen molar-refractivity contribution < 1.29 is 45.9 Å². The Labute approximate surface area is 303 Å². The third-order valence-corrected chi connectivity index (χ3v) is 11.4. The Kier molecular flexibility index (Phi) is 10.6. The molecule has 1 unspecified atom stereocenters. The monoisotopic (exact) mass is 762 g/mol. The third-order valence-electron chi connectivity index (χ3n) is 9.58. The van der Waals surface area contributed by atoms with Crippen molar-refractivity contribution in [2.75, 3.05) is 20.3 Å². The number of aromatic nitrogens is 6. The summed E-state index contributed by atoms with van der Waals surface area (Å²) in [6.45, 7) is 3.47. The van der Waals surface area contributed by atoms with Crippen LogP contribution in [0.4, 0.5) is 13.6 Å². The molecule has 3 fully saturated rings. The maximum Gasteiger partial charge on any atom is 0.407 e. The number of halogens is 2. The van der Waals surface area contributed by atoms with Crippen molar-refractivity contribution >= 4 is 33.8 Å². The molecule has 1 saturated heterocycles. The Morgan fingerprint density at radius 1 is 1.11 bits per heavy atom. The van der Waals surface area contributed by atoms with Crippen LogP contribution in [0.25, 0.3) is 11.4 Å². The summed E-state index contributed by atoms with van der Waals surface area (Å²) in [5.74, 6) is -4.25. The summed E-state index contributed by atoms with van der Waals surface area (Å²) >= 11 is 0. The van der Waals surface area contributed by atoms with Gasteiger partial charge in [-0.15, -0.1) is 10.2 Å². The number of sulfonamides is 1. The Balaban J connectivity index is 1.23. The van der Waals surface area contributed by atoms with E-state index in [4.69, 9.17) is 9.47 Å². The molecule has 3 heterocycles. The van der Waals surface area contributed by atoms with Gasteiger partial charge < -0.3 is 29.6 Å². The minimum absolute atomic E-state index is 0.0293. The summed E-state index contributed by atoms with van der Waals surface area (Å²) in [6.07, 6.45) is 0.860. The van der Waals surface area contributed by atoms with E-state index in [0.717, 1.165) is 0 Å². The highest BCUT2D eigenvalue weighted by Crippen LogP contribution is 2.48. The van der Waals surface area contributed by atoms with Crippen molar-refractivity contribution in [2.24, 2.45) is 11.8 Å². The normalized spacial score (nSPS) is 23.1. The summed E-state index contributed by atoms with van der Waals surface area (Å²) in [5.41, 5.74) is -1.62. The average molecular weight is 763 g/mol. The molecule has 1 aliphatic heterocycles. The number of alkyl halides is 2. The lowest BCUT2D eigenvalue weighted by Crippen LogP contribution is -2.59. The number of rotatable bonds is 15. The van der Waals surface area contributed by atoms with E-state index >= 15 is 0 Å². The van der Waals surface area contributed by atoms with Gasteiger partial charge in [-0.05, 0) is 54.7 Å². The van der Waals surface area contributed by atoms with Gasteiger partial charge in [0.05, 0.1) is 37.2 Å².